The van der Waals surface area contributed by atoms with E-state index in [0.29, 0.717) is 23.0 Å². The summed E-state index contributed by atoms with van der Waals surface area (Å²) in [6.45, 7) is 0. The van der Waals surface area contributed by atoms with Crippen LogP contribution in [0.3, 0.4) is 0 Å². The van der Waals surface area contributed by atoms with E-state index in [9.17, 15) is 14.4 Å². The number of aromatic nitrogens is 2. The highest BCUT2D eigenvalue weighted by atomic mass is 16.3. The zero-order valence-corrected chi connectivity index (χ0v) is 12.5. The van der Waals surface area contributed by atoms with E-state index in [1.165, 1.54) is 6.26 Å². The first-order valence-corrected chi connectivity index (χ1v) is 7.24. The Morgan fingerprint density at radius 2 is 1.88 bits per heavy atom. The second kappa shape index (κ2) is 6.78. The van der Waals surface area contributed by atoms with E-state index >= 15 is 0 Å². The minimum Gasteiger partial charge on any atom is -0.469 e. The van der Waals surface area contributed by atoms with Gasteiger partial charge in [-0.3, -0.25) is 25.2 Å². The monoisotopic (exact) mass is 326 g/mol. The van der Waals surface area contributed by atoms with Crippen molar-refractivity contribution in [3.05, 3.63) is 64.5 Å². The summed E-state index contributed by atoms with van der Waals surface area (Å²) in [7, 11) is 0. The molecule has 0 aliphatic heterocycles. The second-order valence-corrected chi connectivity index (χ2v) is 5.03. The Labute approximate surface area is 135 Å². The number of amides is 2. The van der Waals surface area contributed by atoms with Crippen LogP contribution in [-0.2, 0) is 11.2 Å². The van der Waals surface area contributed by atoms with Gasteiger partial charge in [-0.25, -0.2) is 5.10 Å². The Morgan fingerprint density at radius 1 is 1.08 bits per heavy atom. The van der Waals surface area contributed by atoms with Gasteiger partial charge in [0.15, 0.2) is 5.69 Å². The molecule has 2 aromatic heterocycles. The van der Waals surface area contributed by atoms with Gasteiger partial charge in [0.05, 0.1) is 11.6 Å². The van der Waals surface area contributed by atoms with Gasteiger partial charge in [0.2, 0.25) is 5.91 Å². The van der Waals surface area contributed by atoms with E-state index < -0.39 is 5.91 Å². The van der Waals surface area contributed by atoms with Gasteiger partial charge in [-0.2, -0.15) is 5.10 Å². The number of benzene rings is 1. The molecule has 122 valence electrons. The first-order chi connectivity index (χ1) is 11.6. The van der Waals surface area contributed by atoms with E-state index in [-0.39, 0.29) is 23.6 Å². The molecule has 0 aliphatic rings. The number of hydrazine groups is 1. The molecule has 0 saturated carbocycles. The van der Waals surface area contributed by atoms with Gasteiger partial charge in [-0.1, -0.05) is 18.2 Å². The van der Waals surface area contributed by atoms with E-state index in [0.717, 1.165) is 0 Å². The number of carbonyl (C=O) groups is 2. The van der Waals surface area contributed by atoms with Crippen LogP contribution in [0, 0.1) is 0 Å². The molecule has 0 radical (unpaired) electrons. The van der Waals surface area contributed by atoms with Crippen LogP contribution < -0.4 is 16.4 Å². The molecule has 3 N–H and O–H groups in total. The third-order valence-electron chi connectivity index (χ3n) is 3.41. The fourth-order valence-electron chi connectivity index (χ4n) is 2.23. The number of nitrogens with one attached hydrogen (secondary N) is 3. The lowest BCUT2D eigenvalue weighted by Crippen LogP contribution is -2.42. The van der Waals surface area contributed by atoms with Crippen LogP contribution >= 0.6 is 0 Å². The van der Waals surface area contributed by atoms with Crippen LogP contribution in [0.25, 0.3) is 10.8 Å². The zero-order valence-electron chi connectivity index (χ0n) is 12.5. The number of furan rings is 1. The highest BCUT2D eigenvalue weighted by Gasteiger charge is 2.14. The number of aryl methyl sites for hydroxylation is 1. The highest BCUT2D eigenvalue weighted by molar-refractivity contribution is 6.05. The van der Waals surface area contributed by atoms with Crippen molar-refractivity contribution in [3.8, 4) is 0 Å². The van der Waals surface area contributed by atoms with Crippen molar-refractivity contribution < 1.29 is 14.0 Å². The number of hydrogen-bond acceptors (Lipinski definition) is 5. The van der Waals surface area contributed by atoms with Crippen molar-refractivity contribution in [2.45, 2.75) is 12.8 Å². The molecule has 0 unspecified atom stereocenters. The van der Waals surface area contributed by atoms with E-state index in [1.54, 1.807) is 36.4 Å². The van der Waals surface area contributed by atoms with Crippen molar-refractivity contribution >= 4 is 22.6 Å². The Morgan fingerprint density at radius 3 is 2.62 bits per heavy atom. The maximum absolute atomic E-state index is 12.2. The molecular weight excluding hydrogens is 312 g/mol. The van der Waals surface area contributed by atoms with Gasteiger partial charge in [-0.05, 0) is 18.2 Å². The molecule has 0 saturated heterocycles. The molecule has 0 aliphatic carbocycles. The van der Waals surface area contributed by atoms with Crippen LogP contribution in [-0.4, -0.2) is 22.0 Å². The van der Waals surface area contributed by atoms with Crippen molar-refractivity contribution in [2.75, 3.05) is 0 Å². The average molecular weight is 326 g/mol. The van der Waals surface area contributed by atoms with Crippen LogP contribution in [0.15, 0.2) is 51.9 Å². The van der Waals surface area contributed by atoms with Crippen LogP contribution in [0.4, 0.5) is 0 Å². The number of nitrogens with zero attached hydrogens (tertiary/aromatic N) is 1. The minimum atomic E-state index is -0.617. The number of hydrogen-bond donors (Lipinski definition) is 3. The third-order valence-corrected chi connectivity index (χ3v) is 3.41. The summed E-state index contributed by atoms with van der Waals surface area (Å²) in [4.78, 5) is 35.6. The van der Waals surface area contributed by atoms with Crippen molar-refractivity contribution in [1.82, 2.24) is 21.0 Å². The Balaban J connectivity index is 1.64. The number of carbonyl (C=O) groups excluding carboxylic acids is 2. The Bertz CT molecular complexity index is 931. The summed E-state index contributed by atoms with van der Waals surface area (Å²) < 4.78 is 5.13. The standard InChI is InChI=1S/C16H14N4O4/c21-13(8-7-10-4-3-9-24-10)17-20-16(23)14-11-5-1-2-6-12(11)15(22)19-18-14/h1-6,9H,7-8H2,(H,17,21)(H,19,22)(H,20,23). The lowest BCUT2D eigenvalue weighted by atomic mass is 10.1. The predicted molar refractivity (Wildman–Crippen MR) is 85.0 cm³/mol. The predicted octanol–water partition coefficient (Wildman–Crippen LogP) is 0.910. The fourth-order valence-corrected chi connectivity index (χ4v) is 2.23. The first-order valence-electron chi connectivity index (χ1n) is 7.24. The van der Waals surface area contributed by atoms with E-state index in [1.807, 2.05) is 0 Å². The van der Waals surface area contributed by atoms with E-state index in [2.05, 4.69) is 21.0 Å². The summed E-state index contributed by atoms with van der Waals surface area (Å²) in [5.41, 5.74) is 4.24. The topological polar surface area (TPSA) is 117 Å². The molecule has 3 aromatic rings. The van der Waals surface area contributed by atoms with Gasteiger partial charge in [0.25, 0.3) is 11.5 Å². The third kappa shape index (κ3) is 3.32. The molecule has 0 spiro atoms. The maximum atomic E-state index is 12.2. The molecule has 3 rings (SSSR count). The summed E-state index contributed by atoms with van der Waals surface area (Å²) in [5, 5.41) is 6.77. The summed E-state index contributed by atoms with van der Waals surface area (Å²) in [5.74, 6) is -0.299. The zero-order chi connectivity index (χ0) is 16.9. The summed E-state index contributed by atoms with van der Waals surface area (Å²) in [6, 6.07) is 10.1. The molecule has 8 nitrogen and oxygen atoms in total. The van der Waals surface area contributed by atoms with Gasteiger partial charge >= 0.3 is 0 Å². The molecule has 2 amide bonds. The van der Waals surface area contributed by atoms with E-state index in [4.69, 9.17) is 4.42 Å². The molecule has 0 atom stereocenters. The van der Waals surface area contributed by atoms with Gasteiger partial charge < -0.3 is 4.42 Å². The molecule has 2 heterocycles. The summed E-state index contributed by atoms with van der Waals surface area (Å²) >= 11 is 0. The highest BCUT2D eigenvalue weighted by Crippen LogP contribution is 2.11. The Kier molecular flexibility index (Phi) is 4.37. The minimum absolute atomic E-state index is 0.0246. The molecule has 24 heavy (non-hydrogen) atoms. The lowest BCUT2D eigenvalue weighted by Gasteiger charge is -2.08. The molecule has 1 aromatic carbocycles. The van der Waals surface area contributed by atoms with Crippen molar-refractivity contribution in [2.24, 2.45) is 0 Å². The normalized spacial score (nSPS) is 10.5. The van der Waals surface area contributed by atoms with Gasteiger partial charge in [0, 0.05) is 18.2 Å². The smallest absolute Gasteiger partial charge is 0.290 e. The van der Waals surface area contributed by atoms with Gasteiger partial charge in [0.1, 0.15) is 5.76 Å². The maximum Gasteiger partial charge on any atom is 0.290 e. The number of fused-ring (bicyclic) bond motifs is 1. The second-order valence-electron chi connectivity index (χ2n) is 5.03. The largest absolute Gasteiger partial charge is 0.469 e. The van der Waals surface area contributed by atoms with Crippen LogP contribution in [0.5, 0.6) is 0 Å². The number of rotatable bonds is 4. The van der Waals surface area contributed by atoms with Crippen molar-refractivity contribution in [1.29, 1.82) is 0 Å². The van der Waals surface area contributed by atoms with Crippen LogP contribution in [0.1, 0.15) is 22.7 Å². The number of aromatic amines is 1. The molecule has 0 fully saturated rings. The van der Waals surface area contributed by atoms with Gasteiger partial charge in [-0.15, -0.1) is 0 Å². The quantitative estimate of drug-likeness (QED) is 0.616. The van der Waals surface area contributed by atoms with Crippen LogP contribution in [0.2, 0.25) is 0 Å². The summed E-state index contributed by atoms with van der Waals surface area (Å²) in [6.07, 6.45) is 2.12. The first kappa shape index (κ1) is 15.5. The lowest BCUT2D eigenvalue weighted by molar-refractivity contribution is -0.121. The van der Waals surface area contributed by atoms with Crippen molar-refractivity contribution in [3.63, 3.8) is 0 Å². The number of H-pyrrole nitrogens is 1. The molecule has 8 heteroatoms. The fraction of sp³-hybridized carbons (Fsp3) is 0.125. The molecular formula is C16H14N4O4. The SMILES string of the molecule is O=C(CCc1ccco1)NNC(=O)c1n[nH]c(=O)c2ccccc12. The molecule has 0 bridgehead atoms. The Hall–Kier alpha value is -3.42. The average Bonchev–Trinajstić information content (AvgIpc) is 3.12.